The van der Waals surface area contributed by atoms with Crippen LogP contribution in [-0.4, -0.2) is 75.7 Å². The van der Waals surface area contributed by atoms with Crippen LogP contribution in [0.15, 0.2) is 29.2 Å². The van der Waals surface area contributed by atoms with Gasteiger partial charge in [-0.2, -0.15) is 0 Å². The second kappa shape index (κ2) is 12.5. The van der Waals surface area contributed by atoms with Crippen LogP contribution in [0.1, 0.15) is 32.3 Å². The number of amidine groups is 1. The second-order valence-corrected chi connectivity index (χ2v) is 9.92. The number of likely N-dealkylation sites (N-methyl/N-ethyl adjacent to an activating group) is 1. The minimum absolute atomic E-state index is 0.163. The fraction of sp³-hybridized carbons (Fsp3) is 0.435. The SMILES string of the molecule is CC(C)[C@H](C(=O)N[C@@H](CC(=O)O)C(=O)O)N(C)CC1=CCC(C(=O)Oc2ccc(C(=N)N)cc2F)S1. The highest BCUT2D eigenvalue weighted by molar-refractivity contribution is 8.04. The van der Waals surface area contributed by atoms with E-state index in [1.54, 1.807) is 25.8 Å². The summed E-state index contributed by atoms with van der Waals surface area (Å²) in [5.74, 6) is -5.71. The number of hydrogen-bond acceptors (Lipinski definition) is 8. The van der Waals surface area contributed by atoms with Gasteiger partial charge < -0.3 is 26.0 Å². The first-order chi connectivity index (χ1) is 16.8. The number of ether oxygens (including phenoxy) is 1. The van der Waals surface area contributed by atoms with Gasteiger partial charge in [0.2, 0.25) is 5.91 Å². The number of thioether (sulfide) groups is 1. The lowest BCUT2D eigenvalue weighted by Gasteiger charge is -2.31. The summed E-state index contributed by atoms with van der Waals surface area (Å²) in [5.41, 5.74) is 5.49. The lowest BCUT2D eigenvalue weighted by molar-refractivity contribution is -0.147. The number of rotatable bonds is 12. The van der Waals surface area contributed by atoms with Crippen LogP contribution in [-0.2, 0) is 19.2 Å². The summed E-state index contributed by atoms with van der Waals surface area (Å²) in [6.07, 6.45) is 1.39. The quantitative estimate of drug-likeness (QED) is 0.116. The molecule has 1 amide bonds. The number of nitrogens with zero attached hydrogens (tertiary/aromatic N) is 1. The topological polar surface area (TPSA) is 183 Å². The molecule has 3 atom stereocenters. The smallest absolute Gasteiger partial charge is 0.326 e. The van der Waals surface area contributed by atoms with Crippen molar-refractivity contribution in [2.75, 3.05) is 13.6 Å². The van der Waals surface area contributed by atoms with Crippen LogP contribution in [0.4, 0.5) is 4.39 Å². The van der Waals surface area contributed by atoms with E-state index in [1.165, 1.54) is 23.9 Å². The molecule has 0 bridgehead atoms. The number of benzene rings is 1. The summed E-state index contributed by atoms with van der Waals surface area (Å²) in [6.45, 7) is 3.81. The van der Waals surface area contributed by atoms with Gasteiger partial charge >= 0.3 is 17.9 Å². The zero-order valence-corrected chi connectivity index (χ0v) is 20.8. The lowest BCUT2D eigenvalue weighted by Crippen LogP contribution is -2.53. The number of esters is 1. The standard InChI is InChI=1S/C23H29FN4O7S/c1-11(2)19(21(31)27-15(22(32)33)9-18(29)30)28(3)10-13-5-7-17(36-13)23(34)35-16-6-4-12(20(25)26)8-14(16)24/h4-6,8,11,15,17,19H,7,9-10H2,1-3H3,(H3,25,26)(H,27,31)(H,29,30)(H,32,33)/t15-,17?,19+/m0/s1. The van der Waals surface area contributed by atoms with Crippen LogP contribution in [0.2, 0.25) is 0 Å². The van der Waals surface area contributed by atoms with Gasteiger partial charge in [-0.3, -0.25) is 24.7 Å². The number of carboxylic acids is 2. The number of allylic oxidation sites excluding steroid dienone is 1. The maximum atomic E-state index is 14.2. The molecule has 0 aliphatic carbocycles. The molecule has 11 nitrogen and oxygen atoms in total. The van der Waals surface area contributed by atoms with Gasteiger partial charge in [-0.25, -0.2) is 9.18 Å². The number of carbonyl (C=O) groups excluding carboxylic acids is 2. The van der Waals surface area contributed by atoms with Crippen molar-refractivity contribution in [3.63, 3.8) is 0 Å². The Kier molecular flexibility index (Phi) is 9.99. The fourth-order valence-electron chi connectivity index (χ4n) is 3.68. The molecule has 0 saturated carbocycles. The van der Waals surface area contributed by atoms with Gasteiger partial charge in [0.25, 0.3) is 0 Å². The van der Waals surface area contributed by atoms with Crippen LogP contribution >= 0.6 is 11.8 Å². The van der Waals surface area contributed by atoms with E-state index >= 15 is 0 Å². The number of amides is 1. The molecule has 0 spiro atoms. The Morgan fingerprint density at radius 1 is 1.31 bits per heavy atom. The van der Waals surface area contributed by atoms with Crippen LogP contribution in [0.3, 0.4) is 0 Å². The number of aliphatic carboxylic acids is 2. The Hall–Kier alpha value is -3.45. The van der Waals surface area contributed by atoms with Crippen molar-refractivity contribution < 1.29 is 38.5 Å². The van der Waals surface area contributed by atoms with E-state index < -0.39 is 53.4 Å². The minimum Gasteiger partial charge on any atom is -0.481 e. The molecule has 1 heterocycles. The highest BCUT2D eigenvalue weighted by Crippen LogP contribution is 2.34. The molecule has 6 N–H and O–H groups in total. The third kappa shape index (κ3) is 7.78. The molecular formula is C23H29FN4O7S. The van der Waals surface area contributed by atoms with Gasteiger partial charge in [0.05, 0.1) is 12.5 Å². The van der Waals surface area contributed by atoms with E-state index in [4.69, 9.17) is 21.0 Å². The molecule has 0 radical (unpaired) electrons. The number of carbonyl (C=O) groups is 4. The van der Waals surface area contributed by atoms with Gasteiger partial charge in [0.1, 0.15) is 17.1 Å². The Balaban J connectivity index is 1.99. The fourth-order valence-corrected chi connectivity index (χ4v) is 4.85. The van der Waals surface area contributed by atoms with E-state index in [0.717, 1.165) is 11.0 Å². The second-order valence-electron chi connectivity index (χ2n) is 8.59. The molecule has 0 aromatic heterocycles. The van der Waals surface area contributed by atoms with Gasteiger partial charge in [-0.05, 0) is 42.5 Å². The van der Waals surface area contributed by atoms with Gasteiger partial charge in [-0.15, -0.1) is 11.8 Å². The molecule has 1 aliphatic rings. The average Bonchev–Trinajstić information content (AvgIpc) is 3.22. The van der Waals surface area contributed by atoms with Crippen molar-refractivity contribution in [2.24, 2.45) is 11.7 Å². The molecular weight excluding hydrogens is 495 g/mol. The van der Waals surface area contributed by atoms with E-state index in [9.17, 15) is 28.7 Å². The summed E-state index contributed by atoms with van der Waals surface area (Å²) in [6, 6.07) is 1.28. The van der Waals surface area contributed by atoms with Crippen LogP contribution in [0.5, 0.6) is 5.75 Å². The van der Waals surface area contributed by atoms with Gasteiger partial charge in [0, 0.05) is 12.1 Å². The average molecular weight is 525 g/mol. The van der Waals surface area contributed by atoms with Gasteiger partial charge in [-0.1, -0.05) is 19.9 Å². The maximum Gasteiger partial charge on any atom is 0.326 e. The van der Waals surface area contributed by atoms with Crippen molar-refractivity contribution >= 4 is 41.4 Å². The molecule has 1 unspecified atom stereocenters. The summed E-state index contributed by atoms with van der Waals surface area (Å²) in [4.78, 5) is 50.1. The molecule has 0 fully saturated rings. The molecule has 0 saturated heterocycles. The largest absolute Gasteiger partial charge is 0.481 e. The highest BCUT2D eigenvalue weighted by atomic mass is 32.2. The zero-order chi connectivity index (χ0) is 27.2. The van der Waals surface area contributed by atoms with Crippen LogP contribution in [0.25, 0.3) is 0 Å². The first-order valence-corrected chi connectivity index (χ1v) is 11.8. The molecule has 2 rings (SSSR count). The number of halogens is 1. The number of nitrogens with two attached hydrogens (primary N) is 1. The number of carboxylic acid groups (broad SMARTS) is 2. The monoisotopic (exact) mass is 524 g/mol. The molecule has 196 valence electrons. The molecule has 1 aromatic rings. The number of nitrogen functional groups attached to an aromatic ring is 1. The molecule has 13 heteroatoms. The van der Waals surface area contributed by atoms with Crippen molar-refractivity contribution in [3.05, 3.63) is 40.6 Å². The Morgan fingerprint density at radius 2 is 1.97 bits per heavy atom. The third-order valence-electron chi connectivity index (χ3n) is 5.34. The summed E-state index contributed by atoms with van der Waals surface area (Å²) < 4.78 is 19.4. The molecule has 1 aliphatic heterocycles. The summed E-state index contributed by atoms with van der Waals surface area (Å²) in [7, 11) is 1.66. The molecule has 1 aromatic carbocycles. The first kappa shape index (κ1) is 28.8. The summed E-state index contributed by atoms with van der Waals surface area (Å²) >= 11 is 1.21. The Labute approximate surface area is 211 Å². The molecule has 36 heavy (non-hydrogen) atoms. The van der Waals surface area contributed by atoms with E-state index in [1.807, 2.05) is 6.08 Å². The van der Waals surface area contributed by atoms with Crippen molar-refractivity contribution in [1.82, 2.24) is 10.2 Å². The maximum absolute atomic E-state index is 14.2. The minimum atomic E-state index is -1.56. The Morgan fingerprint density at radius 3 is 2.50 bits per heavy atom. The van der Waals surface area contributed by atoms with E-state index in [0.29, 0.717) is 6.42 Å². The zero-order valence-electron chi connectivity index (χ0n) is 20.0. The van der Waals surface area contributed by atoms with Crippen LogP contribution < -0.4 is 15.8 Å². The highest BCUT2D eigenvalue weighted by Gasteiger charge is 2.33. The van der Waals surface area contributed by atoms with E-state index in [-0.39, 0.29) is 29.6 Å². The Bertz CT molecular complexity index is 1080. The predicted octanol–water partition coefficient (Wildman–Crippen LogP) is 1.41. The summed E-state index contributed by atoms with van der Waals surface area (Å²) in [5, 5.41) is 27.1. The lowest BCUT2D eigenvalue weighted by atomic mass is 10.0. The number of nitrogens with one attached hydrogen (secondary N) is 2. The predicted molar refractivity (Wildman–Crippen MR) is 130 cm³/mol. The van der Waals surface area contributed by atoms with Gasteiger partial charge in [0.15, 0.2) is 11.6 Å². The third-order valence-corrected chi connectivity index (χ3v) is 6.61. The van der Waals surface area contributed by atoms with Crippen molar-refractivity contribution in [3.8, 4) is 5.75 Å². The van der Waals surface area contributed by atoms with Crippen molar-refractivity contribution in [1.29, 1.82) is 5.41 Å². The van der Waals surface area contributed by atoms with Crippen molar-refractivity contribution in [2.45, 2.75) is 44.0 Å². The van der Waals surface area contributed by atoms with E-state index in [2.05, 4.69) is 5.32 Å². The first-order valence-electron chi connectivity index (χ1n) is 11.0. The van der Waals surface area contributed by atoms with Crippen LogP contribution in [0, 0.1) is 17.1 Å². The normalized spacial score (nSPS) is 16.8. The number of hydrogen-bond donors (Lipinski definition) is 5.